The van der Waals surface area contributed by atoms with Crippen LogP contribution in [-0.2, 0) is 4.79 Å². The number of para-hydroxylation sites is 1. The van der Waals surface area contributed by atoms with Crippen LogP contribution >= 0.6 is 11.8 Å². The Labute approximate surface area is 171 Å². The molecule has 0 aliphatic carbocycles. The zero-order chi connectivity index (χ0) is 21.4. The summed E-state index contributed by atoms with van der Waals surface area (Å²) in [6.45, 7) is -3.02. The third-order valence-electron chi connectivity index (χ3n) is 3.54. The molecule has 0 saturated heterocycles. The van der Waals surface area contributed by atoms with Gasteiger partial charge >= 0.3 is 6.61 Å². The molecule has 2 rings (SSSR count). The number of alkyl halides is 2. The fraction of sp³-hybridized carbons (Fsp3) is 0.200. The van der Waals surface area contributed by atoms with Gasteiger partial charge in [0, 0.05) is 36.3 Å². The SMILES string of the molecule is COc1cccc(/C=C/C(=O)Nc2ccc(SC(=O)N(C)C)cc2)c1OC(F)F. The van der Waals surface area contributed by atoms with Gasteiger partial charge in [-0.15, -0.1) is 0 Å². The first-order valence-electron chi connectivity index (χ1n) is 8.40. The summed E-state index contributed by atoms with van der Waals surface area (Å²) < 4.78 is 34.8. The number of methoxy groups -OCH3 is 1. The van der Waals surface area contributed by atoms with Crippen LogP contribution in [0.3, 0.4) is 0 Å². The molecule has 0 unspecified atom stereocenters. The van der Waals surface area contributed by atoms with Gasteiger partial charge in [-0.3, -0.25) is 9.59 Å². The predicted octanol–water partition coefficient (Wildman–Crippen LogP) is 4.72. The summed E-state index contributed by atoms with van der Waals surface area (Å²) >= 11 is 1.07. The van der Waals surface area contributed by atoms with Crippen molar-refractivity contribution in [3.63, 3.8) is 0 Å². The summed E-state index contributed by atoms with van der Waals surface area (Å²) in [6.07, 6.45) is 2.56. The Kier molecular flexibility index (Phi) is 8.02. The molecule has 6 nitrogen and oxygen atoms in total. The van der Waals surface area contributed by atoms with Crippen molar-refractivity contribution in [3.05, 3.63) is 54.1 Å². The van der Waals surface area contributed by atoms with Crippen LogP contribution in [0, 0.1) is 0 Å². The molecule has 0 aliphatic rings. The quantitative estimate of drug-likeness (QED) is 0.517. The van der Waals surface area contributed by atoms with E-state index in [1.165, 1.54) is 36.3 Å². The van der Waals surface area contributed by atoms with Crippen LogP contribution in [0.25, 0.3) is 6.08 Å². The lowest BCUT2D eigenvalue weighted by molar-refractivity contribution is -0.111. The highest BCUT2D eigenvalue weighted by atomic mass is 32.2. The summed E-state index contributed by atoms with van der Waals surface area (Å²) in [7, 11) is 4.66. The van der Waals surface area contributed by atoms with E-state index in [0.717, 1.165) is 16.7 Å². The summed E-state index contributed by atoms with van der Waals surface area (Å²) in [5.41, 5.74) is 0.796. The van der Waals surface area contributed by atoms with Crippen LogP contribution < -0.4 is 14.8 Å². The summed E-state index contributed by atoms with van der Waals surface area (Å²) in [5.74, 6) is -0.477. The third-order valence-corrected chi connectivity index (χ3v) is 4.59. The Balaban J connectivity index is 2.06. The number of thioether (sulfide) groups is 1. The second kappa shape index (κ2) is 10.5. The predicted molar refractivity (Wildman–Crippen MR) is 109 cm³/mol. The number of benzene rings is 2. The van der Waals surface area contributed by atoms with Gasteiger partial charge in [-0.1, -0.05) is 12.1 Å². The number of amides is 2. The maximum Gasteiger partial charge on any atom is 0.387 e. The van der Waals surface area contributed by atoms with Gasteiger partial charge in [0.15, 0.2) is 11.5 Å². The van der Waals surface area contributed by atoms with Crippen molar-refractivity contribution in [2.75, 3.05) is 26.5 Å². The Morgan fingerprint density at radius 3 is 2.41 bits per heavy atom. The molecule has 2 amide bonds. The van der Waals surface area contributed by atoms with E-state index >= 15 is 0 Å². The van der Waals surface area contributed by atoms with Crippen molar-refractivity contribution in [2.45, 2.75) is 11.5 Å². The van der Waals surface area contributed by atoms with E-state index in [4.69, 9.17) is 4.74 Å². The summed E-state index contributed by atoms with van der Waals surface area (Å²) in [4.78, 5) is 26.0. The van der Waals surface area contributed by atoms with E-state index in [1.54, 1.807) is 44.4 Å². The molecule has 2 aromatic carbocycles. The first kappa shape index (κ1) is 22.2. The number of hydrogen-bond acceptors (Lipinski definition) is 5. The van der Waals surface area contributed by atoms with Gasteiger partial charge in [-0.2, -0.15) is 8.78 Å². The molecular weight excluding hydrogens is 402 g/mol. The van der Waals surface area contributed by atoms with Crippen molar-refractivity contribution in [3.8, 4) is 11.5 Å². The monoisotopic (exact) mass is 422 g/mol. The van der Waals surface area contributed by atoms with Crippen molar-refractivity contribution in [2.24, 2.45) is 0 Å². The van der Waals surface area contributed by atoms with Crippen molar-refractivity contribution in [1.82, 2.24) is 4.90 Å². The average molecular weight is 422 g/mol. The molecule has 0 aromatic heterocycles. The first-order valence-corrected chi connectivity index (χ1v) is 9.22. The molecule has 0 fully saturated rings. The Bertz CT molecular complexity index is 887. The summed E-state index contributed by atoms with van der Waals surface area (Å²) in [6, 6.07) is 11.3. The number of nitrogens with zero attached hydrogens (tertiary/aromatic N) is 1. The van der Waals surface area contributed by atoms with E-state index in [1.807, 2.05) is 0 Å². The van der Waals surface area contributed by atoms with Gasteiger partial charge in [0.2, 0.25) is 5.91 Å². The molecule has 0 heterocycles. The van der Waals surface area contributed by atoms with Crippen LogP contribution in [0.1, 0.15) is 5.56 Å². The zero-order valence-electron chi connectivity index (χ0n) is 16.0. The highest BCUT2D eigenvalue weighted by molar-refractivity contribution is 8.13. The minimum absolute atomic E-state index is 0.107. The maximum atomic E-state index is 12.7. The smallest absolute Gasteiger partial charge is 0.387 e. The second-order valence-corrected chi connectivity index (χ2v) is 6.89. The average Bonchev–Trinajstić information content (AvgIpc) is 2.68. The molecule has 0 atom stereocenters. The van der Waals surface area contributed by atoms with Crippen LogP contribution in [0.2, 0.25) is 0 Å². The van der Waals surface area contributed by atoms with Crippen LogP contribution in [0.15, 0.2) is 53.4 Å². The maximum absolute atomic E-state index is 12.7. The lowest BCUT2D eigenvalue weighted by Gasteiger charge is -2.12. The molecule has 0 bridgehead atoms. The molecule has 9 heteroatoms. The van der Waals surface area contributed by atoms with Crippen molar-refractivity contribution < 1.29 is 27.8 Å². The molecule has 0 aliphatic heterocycles. The summed E-state index contributed by atoms with van der Waals surface area (Å²) in [5, 5.41) is 2.55. The normalized spacial score (nSPS) is 10.8. The highest BCUT2D eigenvalue weighted by Crippen LogP contribution is 2.33. The Hall–Kier alpha value is -3.07. The molecule has 0 spiro atoms. The number of ether oxygens (including phenoxy) is 2. The minimum atomic E-state index is -3.02. The Morgan fingerprint density at radius 2 is 1.83 bits per heavy atom. The fourth-order valence-corrected chi connectivity index (χ4v) is 2.84. The zero-order valence-corrected chi connectivity index (χ0v) is 16.8. The lowest BCUT2D eigenvalue weighted by atomic mass is 10.1. The molecule has 0 saturated carbocycles. The number of carbonyl (C=O) groups is 2. The number of anilines is 1. The van der Waals surface area contributed by atoms with Crippen LogP contribution in [-0.4, -0.2) is 43.9 Å². The Morgan fingerprint density at radius 1 is 1.14 bits per heavy atom. The molecule has 0 radical (unpaired) electrons. The highest BCUT2D eigenvalue weighted by Gasteiger charge is 2.14. The molecular formula is C20H20F2N2O4S. The molecule has 29 heavy (non-hydrogen) atoms. The standard InChI is InChI=1S/C20H20F2N2O4S/c1-24(2)20(26)29-15-10-8-14(9-11-15)23-17(25)12-7-13-5-4-6-16(27-3)18(13)28-19(21)22/h4-12,19H,1-3H3,(H,23,25)/b12-7+. The van der Waals surface area contributed by atoms with E-state index in [0.29, 0.717) is 5.69 Å². The molecule has 2 aromatic rings. The number of halogens is 2. The van der Waals surface area contributed by atoms with E-state index in [9.17, 15) is 18.4 Å². The van der Waals surface area contributed by atoms with Crippen molar-refractivity contribution in [1.29, 1.82) is 0 Å². The second-order valence-electron chi connectivity index (χ2n) is 5.87. The first-order chi connectivity index (χ1) is 13.8. The third kappa shape index (κ3) is 6.79. The number of nitrogens with one attached hydrogen (secondary N) is 1. The van der Waals surface area contributed by atoms with Crippen molar-refractivity contribution >= 4 is 34.7 Å². The molecule has 154 valence electrons. The van der Waals surface area contributed by atoms with Crippen LogP contribution in [0.4, 0.5) is 19.3 Å². The van der Waals surface area contributed by atoms with Gasteiger partial charge in [0.25, 0.3) is 5.24 Å². The fourth-order valence-electron chi connectivity index (χ4n) is 2.19. The topological polar surface area (TPSA) is 67.9 Å². The minimum Gasteiger partial charge on any atom is -0.493 e. The lowest BCUT2D eigenvalue weighted by Crippen LogP contribution is -2.16. The van der Waals surface area contributed by atoms with E-state index in [-0.39, 0.29) is 22.3 Å². The largest absolute Gasteiger partial charge is 0.493 e. The van der Waals surface area contributed by atoms with Gasteiger partial charge in [0.05, 0.1) is 7.11 Å². The van der Waals surface area contributed by atoms with Gasteiger partial charge < -0.3 is 19.7 Å². The van der Waals surface area contributed by atoms with Gasteiger partial charge in [-0.25, -0.2) is 0 Å². The van der Waals surface area contributed by atoms with E-state index in [2.05, 4.69) is 10.1 Å². The van der Waals surface area contributed by atoms with Crippen LogP contribution in [0.5, 0.6) is 11.5 Å². The molecule has 1 N–H and O–H groups in total. The number of carbonyl (C=O) groups excluding carboxylic acids is 2. The van der Waals surface area contributed by atoms with Gasteiger partial charge in [0.1, 0.15) is 0 Å². The van der Waals surface area contributed by atoms with Gasteiger partial charge in [-0.05, 0) is 48.2 Å². The number of rotatable bonds is 7. The number of hydrogen-bond donors (Lipinski definition) is 1. The van der Waals surface area contributed by atoms with E-state index < -0.39 is 12.5 Å².